The van der Waals surface area contributed by atoms with Gasteiger partial charge in [0.25, 0.3) is 5.89 Å². The predicted molar refractivity (Wildman–Crippen MR) is 74.0 cm³/mol. The summed E-state index contributed by atoms with van der Waals surface area (Å²) in [6.45, 7) is 3.55. The van der Waals surface area contributed by atoms with E-state index in [9.17, 15) is 4.79 Å². The fourth-order valence-electron chi connectivity index (χ4n) is 1.47. The van der Waals surface area contributed by atoms with Crippen molar-refractivity contribution in [2.24, 2.45) is 0 Å². The Kier molecular flexibility index (Phi) is 4.53. The van der Waals surface area contributed by atoms with Crippen LogP contribution in [0.3, 0.4) is 0 Å². The zero-order valence-electron chi connectivity index (χ0n) is 11.1. The Balaban J connectivity index is 2.05. The lowest BCUT2D eigenvalue weighted by Crippen LogP contribution is -2.01. The van der Waals surface area contributed by atoms with Crippen LogP contribution in [0.2, 0.25) is 5.02 Å². The number of hydrogen-bond acceptors (Lipinski definition) is 5. The van der Waals surface area contributed by atoms with E-state index in [2.05, 4.69) is 10.2 Å². The van der Waals surface area contributed by atoms with E-state index < -0.39 is 5.97 Å². The van der Waals surface area contributed by atoms with E-state index in [0.717, 1.165) is 5.57 Å². The van der Waals surface area contributed by atoms with E-state index in [1.807, 2.05) is 26.0 Å². The van der Waals surface area contributed by atoms with Gasteiger partial charge in [0.1, 0.15) is 0 Å². The maximum Gasteiger partial charge on any atom is 0.331 e. The molecule has 0 aliphatic carbocycles. The number of hydrogen-bond donors (Lipinski definition) is 0. The molecule has 1 aromatic heterocycles. The molecule has 5 nitrogen and oxygen atoms in total. The number of carbonyl (C=O) groups excluding carboxylic acids is 1. The van der Waals surface area contributed by atoms with Crippen LogP contribution >= 0.6 is 11.6 Å². The number of rotatable bonds is 4. The van der Waals surface area contributed by atoms with Gasteiger partial charge in [-0.2, -0.15) is 0 Å². The minimum atomic E-state index is -0.442. The third-order valence-corrected chi connectivity index (χ3v) is 2.65. The topological polar surface area (TPSA) is 65.2 Å². The number of esters is 1. The Morgan fingerprint density at radius 3 is 2.80 bits per heavy atom. The second-order valence-corrected chi connectivity index (χ2v) is 4.72. The van der Waals surface area contributed by atoms with Crippen LogP contribution in [0.5, 0.6) is 0 Å². The van der Waals surface area contributed by atoms with Gasteiger partial charge in [-0.3, -0.25) is 0 Å². The summed E-state index contributed by atoms with van der Waals surface area (Å²) in [5, 5.41) is 8.21. The first-order valence-corrected chi connectivity index (χ1v) is 6.33. The zero-order chi connectivity index (χ0) is 14.5. The van der Waals surface area contributed by atoms with Crippen molar-refractivity contribution in [3.8, 4) is 11.5 Å². The van der Waals surface area contributed by atoms with Gasteiger partial charge in [-0.25, -0.2) is 4.79 Å². The summed E-state index contributed by atoms with van der Waals surface area (Å²) in [5.74, 6) is 0.0711. The van der Waals surface area contributed by atoms with Crippen molar-refractivity contribution in [1.82, 2.24) is 10.2 Å². The molecule has 0 bridgehead atoms. The van der Waals surface area contributed by atoms with Gasteiger partial charge in [0.15, 0.2) is 6.61 Å². The van der Waals surface area contributed by atoms with Crippen LogP contribution < -0.4 is 0 Å². The zero-order valence-corrected chi connectivity index (χ0v) is 11.8. The second-order valence-electron chi connectivity index (χ2n) is 4.31. The predicted octanol–water partition coefficient (Wildman–Crippen LogP) is 3.40. The van der Waals surface area contributed by atoms with E-state index in [4.69, 9.17) is 20.8 Å². The lowest BCUT2D eigenvalue weighted by atomic mass is 10.2. The molecule has 0 spiro atoms. The summed E-state index contributed by atoms with van der Waals surface area (Å²) in [6.07, 6.45) is 1.39. The summed E-state index contributed by atoms with van der Waals surface area (Å²) < 4.78 is 10.4. The van der Waals surface area contributed by atoms with E-state index in [-0.39, 0.29) is 12.5 Å². The molecule has 0 amide bonds. The van der Waals surface area contributed by atoms with Gasteiger partial charge in [0.05, 0.1) is 10.6 Å². The van der Waals surface area contributed by atoms with Crippen LogP contribution in [0.15, 0.2) is 40.3 Å². The first-order chi connectivity index (χ1) is 9.56. The van der Waals surface area contributed by atoms with Gasteiger partial charge in [0, 0.05) is 6.08 Å². The molecule has 0 aliphatic rings. The highest BCUT2D eigenvalue weighted by molar-refractivity contribution is 6.33. The number of aromatic nitrogens is 2. The molecule has 20 heavy (non-hydrogen) atoms. The molecule has 0 N–H and O–H groups in total. The van der Waals surface area contributed by atoms with Gasteiger partial charge < -0.3 is 9.15 Å². The Morgan fingerprint density at radius 1 is 1.35 bits per heavy atom. The SMILES string of the molecule is CC(C)=CC(=O)OCc1nnc(-c2ccccc2Cl)o1. The molecular formula is C14H13ClN2O3. The molecule has 0 aliphatic heterocycles. The third kappa shape index (κ3) is 3.68. The molecule has 0 unspecified atom stereocenters. The van der Waals surface area contributed by atoms with E-state index in [0.29, 0.717) is 16.5 Å². The Bertz CT molecular complexity index is 645. The van der Waals surface area contributed by atoms with Crippen molar-refractivity contribution in [3.63, 3.8) is 0 Å². The highest BCUT2D eigenvalue weighted by Gasteiger charge is 2.12. The minimum Gasteiger partial charge on any atom is -0.452 e. The molecule has 2 aromatic rings. The third-order valence-electron chi connectivity index (χ3n) is 2.32. The van der Waals surface area contributed by atoms with Crippen LogP contribution in [0.1, 0.15) is 19.7 Å². The Hall–Kier alpha value is -2.14. The van der Waals surface area contributed by atoms with Crippen molar-refractivity contribution in [2.75, 3.05) is 0 Å². The first-order valence-electron chi connectivity index (χ1n) is 5.95. The van der Waals surface area contributed by atoms with E-state index in [1.165, 1.54) is 6.08 Å². The van der Waals surface area contributed by atoms with Crippen molar-refractivity contribution >= 4 is 17.6 Å². The van der Waals surface area contributed by atoms with Crippen LogP contribution in [0.25, 0.3) is 11.5 Å². The molecule has 1 heterocycles. The number of halogens is 1. The van der Waals surface area contributed by atoms with Gasteiger partial charge in [-0.15, -0.1) is 10.2 Å². The molecule has 104 valence electrons. The Labute approximate surface area is 121 Å². The van der Waals surface area contributed by atoms with Crippen LogP contribution in [-0.4, -0.2) is 16.2 Å². The molecule has 1 aromatic carbocycles. The number of ether oxygens (including phenoxy) is 1. The van der Waals surface area contributed by atoms with Crippen molar-refractivity contribution in [3.05, 3.63) is 46.8 Å². The van der Waals surface area contributed by atoms with Gasteiger partial charge >= 0.3 is 5.97 Å². The highest BCUT2D eigenvalue weighted by atomic mass is 35.5. The molecule has 0 saturated carbocycles. The van der Waals surface area contributed by atoms with Crippen LogP contribution in [0.4, 0.5) is 0 Å². The number of benzene rings is 1. The normalized spacial score (nSPS) is 10.2. The second kappa shape index (κ2) is 6.34. The number of carbonyl (C=O) groups is 1. The molecule has 6 heteroatoms. The van der Waals surface area contributed by atoms with Crippen molar-refractivity contribution in [2.45, 2.75) is 20.5 Å². The lowest BCUT2D eigenvalue weighted by molar-refractivity contribution is -0.139. The van der Waals surface area contributed by atoms with Crippen molar-refractivity contribution in [1.29, 1.82) is 0 Å². The standard InChI is InChI=1S/C14H13ClN2O3/c1-9(2)7-13(18)19-8-12-16-17-14(20-12)10-5-3-4-6-11(10)15/h3-7H,8H2,1-2H3. The maximum absolute atomic E-state index is 11.3. The quantitative estimate of drug-likeness (QED) is 0.638. The average molecular weight is 293 g/mol. The molecule has 2 rings (SSSR count). The van der Waals surface area contributed by atoms with E-state index in [1.54, 1.807) is 12.1 Å². The summed E-state index contributed by atoms with van der Waals surface area (Å²) in [7, 11) is 0. The molecule has 0 atom stereocenters. The maximum atomic E-state index is 11.3. The molecular weight excluding hydrogens is 280 g/mol. The summed E-state index contributed by atoms with van der Waals surface area (Å²) in [6, 6.07) is 7.13. The van der Waals surface area contributed by atoms with Crippen LogP contribution in [0, 0.1) is 0 Å². The summed E-state index contributed by atoms with van der Waals surface area (Å²) >= 11 is 6.03. The first kappa shape index (κ1) is 14.3. The van der Waals surface area contributed by atoms with Crippen LogP contribution in [-0.2, 0) is 16.1 Å². The Morgan fingerprint density at radius 2 is 2.10 bits per heavy atom. The molecule has 0 fully saturated rings. The smallest absolute Gasteiger partial charge is 0.331 e. The highest BCUT2D eigenvalue weighted by Crippen LogP contribution is 2.26. The number of allylic oxidation sites excluding steroid dienone is 1. The largest absolute Gasteiger partial charge is 0.452 e. The average Bonchev–Trinajstić information content (AvgIpc) is 2.85. The summed E-state index contributed by atoms with van der Waals surface area (Å²) in [4.78, 5) is 11.3. The monoisotopic (exact) mass is 292 g/mol. The van der Waals surface area contributed by atoms with Gasteiger partial charge in [0.2, 0.25) is 5.89 Å². The lowest BCUT2D eigenvalue weighted by Gasteiger charge is -1.98. The fourth-order valence-corrected chi connectivity index (χ4v) is 1.68. The van der Waals surface area contributed by atoms with E-state index >= 15 is 0 Å². The molecule has 0 saturated heterocycles. The van der Waals surface area contributed by atoms with Gasteiger partial charge in [-0.05, 0) is 26.0 Å². The fraction of sp³-hybridized carbons (Fsp3) is 0.214. The summed E-state index contributed by atoms with van der Waals surface area (Å²) in [5.41, 5.74) is 1.50. The number of nitrogens with zero attached hydrogens (tertiary/aromatic N) is 2. The minimum absolute atomic E-state index is 0.0694. The van der Waals surface area contributed by atoms with Gasteiger partial charge in [-0.1, -0.05) is 29.3 Å². The molecule has 0 radical (unpaired) electrons. The van der Waals surface area contributed by atoms with Crippen molar-refractivity contribution < 1.29 is 13.9 Å².